The molecule has 0 spiro atoms. The minimum atomic E-state index is -0.601. The number of H-pyrrole nitrogens is 1. The Bertz CT molecular complexity index is 1360. The largest absolute Gasteiger partial charge is 0.472 e. The van der Waals surface area contributed by atoms with Crippen LogP contribution in [0.25, 0.3) is 11.0 Å². The second kappa shape index (κ2) is 11.8. The van der Waals surface area contributed by atoms with Gasteiger partial charge in [0.05, 0.1) is 6.61 Å². The molecule has 0 unspecified atom stereocenters. The van der Waals surface area contributed by atoms with Crippen molar-refractivity contribution in [3.8, 4) is 5.88 Å². The average molecular weight is 489 g/mol. The molecule has 0 saturated carbocycles. The molecule has 186 valence electrons. The van der Waals surface area contributed by atoms with Crippen LogP contribution in [0.4, 0.5) is 16.6 Å². The van der Waals surface area contributed by atoms with Crippen molar-refractivity contribution < 1.29 is 14.3 Å². The highest BCUT2D eigenvalue weighted by Crippen LogP contribution is 2.29. The first-order valence-corrected chi connectivity index (χ1v) is 11.7. The first-order chi connectivity index (χ1) is 17.5. The van der Waals surface area contributed by atoms with E-state index >= 15 is 0 Å². The SMILES string of the molecule is CCCCOC(=O)N(C)c1nc(OCc2ccccc2)c2c(NCc3ccccc3)nc(=O)[nH]c2n1. The fourth-order valence-corrected chi connectivity index (χ4v) is 3.39. The molecule has 0 bridgehead atoms. The summed E-state index contributed by atoms with van der Waals surface area (Å²) in [6.07, 6.45) is 1.04. The summed E-state index contributed by atoms with van der Waals surface area (Å²) >= 11 is 0. The van der Waals surface area contributed by atoms with Gasteiger partial charge in [0.1, 0.15) is 17.8 Å². The number of hydrogen-bond donors (Lipinski definition) is 2. The van der Waals surface area contributed by atoms with Crippen LogP contribution in [-0.4, -0.2) is 39.7 Å². The number of nitrogens with one attached hydrogen (secondary N) is 2. The Morgan fingerprint density at radius 1 is 1.00 bits per heavy atom. The third-order valence-corrected chi connectivity index (χ3v) is 5.36. The number of nitrogens with zero attached hydrogens (tertiary/aromatic N) is 4. The number of carbonyl (C=O) groups is 1. The summed E-state index contributed by atoms with van der Waals surface area (Å²) in [5, 5.41) is 3.59. The number of hydrogen-bond acceptors (Lipinski definition) is 8. The normalized spacial score (nSPS) is 10.7. The highest BCUT2D eigenvalue weighted by Gasteiger charge is 2.21. The third-order valence-electron chi connectivity index (χ3n) is 5.36. The van der Waals surface area contributed by atoms with Gasteiger partial charge in [0.15, 0.2) is 5.65 Å². The summed E-state index contributed by atoms with van der Waals surface area (Å²) < 4.78 is 11.4. The van der Waals surface area contributed by atoms with E-state index in [9.17, 15) is 9.59 Å². The fourth-order valence-electron chi connectivity index (χ4n) is 3.39. The summed E-state index contributed by atoms with van der Waals surface area (Å²) in [6, 6.07) is 19.3. The first kappa shape index (κ1) is 24.6. The van der Waals surface area contributed by atoms with E-state index in [4.69, 9.17) is 9.47 Å². The monoisotopic (exact) mass is 488 g/mol. The van der Waals surface area contributed by atoms with Crippen LogP contribution in [0.5, 0.6) is 5.88 Å². The Hall–Kier alpha value is -4.47. The van der Waals surface area contributed by atoms with E-state index in [-0.39, 0.29) is 29.9 Å². The maximum atomic E-state index is 12.5. The molecule has 0 saturated heterocycles. The van der Waals surface area contributed by atoms with Crippen molar-refractivity contribution in [1.29, 1.82) is 0 Å². The van der Waals surface area contributed by atoms with Crippen molar-refractivity contribution in [2.75, 3.05) is 23.9 Å². The molecule has 0 aliphatic carbocycles. The standard InChI is InChI=1S/C26H28N6O4/c1-3-4-15-35-26(34)32(2)24-28-22-20(23(31-24)36-17-19-13-9-6-10-14-19)21(29-25(33)30-22)27-16-18-11-7-5-8-12-18/h5-14H,3-4,15-17H2,1-2H3,(H2,27,28,29,30,31,33). The molecule has 2 heterocycles. The lowest BCUT2D eigenvalue weighted by atomic mass is 10.2. The smallest absolute Gasteiger partial charge is 0.416 e. The number of fused-ring (bicyclic) bond motifs is 1. The number of amides is 1. The van der Waals surface area contributed by atoms with Gasteiger partial charge >= 0.3 is 11.8 Å². The van der Waals surface area contributed by atoms with Gasteiger partial charge in [-0.15, -0.1) is 0 Å². The molecular formula is C26H28N6O4. The lowest BCUT2D eigenvalue weighted by Crippen LogP contribution is -2.29. The fraction of sp³-hybridized carbons (Fsp3) is 0.269. The van der Waals surface area contributed by atoms with Crippen molar-refractivity contribution in [1.82, 2.24) is 19.9 Å². The topological polar surface area (TPSA) is 122 Å². The van der Waals surface area contributed by atoms with Gasteiger partial charge < -0.3 is 14.8 Å². The van der Waals surface area contributed by atoms with Gasteiger partial charge in [-0.3, -0.25) is 4.98 Å². The molecule has 4 aromatic rings. The highest BCUT2D eigenvalue weighted by molar-refractivity contribution is 5.93. The predicted octanol–water partition coefficient (Wildman–Crippen LogP) is 4.28. The molecule has 10 heteroatoms. The Kier molecular flexibility index (Phi) is 8.07. The summed E-state index contributed by atoms with van der Waals surface area (Å²) in [5.41, 5.74) is 1.53. The molecule has 0 aliphatic rings. The number of rotatable bonds is 10. The molecule has 2 aromatic heterocycles. The van der Waals surface area contributed by atoms with Crippen LogP contribution in [0.15, 0.2) is 65.5 Å². The molecular weight excluding hydrogens is 460 g/mol. The Morgan fingerprint density at radius 2 is 1.69 bits per heavy atom. The average Bonchev–Trinajstić information content (AvgIpc) is 2.90. The van der Waals surface area contributed by atoms with Crippen molar-refractivity contribution in [3.05, 3.63) is 82.3 Å². The van der Waals surface area contributed by atoms with E-state index in [0.717, 1.165) is 24.0 Å². The first-order valence-electron chi connectivity index (χ1n) is 11.7. The molecule has 0 aliphatic heterocycles. The maximum Gasteiger partial charge on any atom is 0.416 e. The van der Waals surface area contributed by atoms with E-state index in [0.29, 0.717) is 18.5 Å². The zero-order valence-corrected chi connectivity index (χ0v) is 20.2. The van der Waals surface area contributed by atoms with Gasteiger partial charge in [-0.05, 0) is 17.5 Å². The number of ether oxygens (including phenoxy) is 2. The van der Waals surface area contributed by atoms with E-state index in [2.05, 4.69) is 25.3 Å². The molecule has 4 rings (SSSR count). The third kappa shape index (κ3) is 6.15. The van der Waals surface area contributed by atoms with E-state index in [1.807, 2.05) is 67.6 Å². The van der Waals surface area contributed by atoms with Crippen molar-refractivity contribution in [2.45, 2.75) is 32.9 Å². The Morgan fingerprint density at radius 3 is 2.39 bits per heavy atom. The minimum absolute atomic E-state index is 0.0305. The van der Waals surface area contributed by atoms with E-state index in [1.165, 1.54) is 11.9 Å². The lowest BCUT2D eigenvalue weighted by Gasteiger charge is -2.18. The van der Waals surface area contributed by atoms with Crippen LogP contribution in [0.2, 0.25) is 0 Å². The molecule has 0 radical (unpaired) electrons. The van der Waals surface area contributed by atoms with Gasteiger partial charge in [-0.25, -0.2) is 14.5 Å². The number of unbranched alkanes of at least 4 members (excludes halogenated alkanes) is 1. The van der Waals surface area contributed by atoms with Crippen molar-refractivity contribution in [2.24, 2.45) is 0 Å². The van der Waals surface area contributed by atoms with E-state index in [1.54, 1.807) is 0 Å². The minimum Gasteiger partial charge on any atom is -0.472 e. The van der Waals surface area contributed by atoms with Gasteiger partial charge in [-0.1, -0.05) is 74.0 Å². The summed E-state index contributed by atoms with van der Waals surface area (Å²) in [4.78, 5) is 41.7. The highest BCUT2D eigenvalue weighted by atomic mass is 16.6. The Balaban J connectivity index is 1.72. The van der Waals surface area contributed by atoms with E-state index < -0.39 is 11.8 Å². The molecule has 2 N–H and O–H groups in total. The summed E-state index contributed by atoms with van der Waals surface area (Å²) in [6.45, 7) is 2.94. The van der Waals surface area contributed by atoms with Crippen LogP contribution in [-0.2, 0) is 17.9 Å². The van der Waals surface area contributed by atoms with Gasteiger partial charge in [-0.2, -0.15) is 15.0 Å². The van der Waals surface area contributed by atoms with Crippen LogP contribution < -0.4 is 20.6 Å². The van der Waals surface area contributed by atoms with Gasteiger partial charge in [0.25, 0.3) is 0 Å². The second-order valence-corrected chi connectivity index (χ2v) is 8.08. The van der Waals surface area contributed by atoms with Crippen molar-refractivity contribution in [3.63, 3.8) is 0 Å². The van der Waals surface area contributed by atoms with Gasteiger partial charge in [0, 0.05) is 13.6 Å². The summed E-state index contributed by atoms with van der Waals surface area (Å²) in [5.74, 6) is 0.481. The molecule has 36 heavy (non-hydrogen) atoms. The maximum absolute atomic E-state index is 12.5. The molecule has 2 aromatic carbocycles. The number of anilines is 2. The van der Waals surface area contributed by atoms with Crippen LogP contribution >= 0.6 is 0 Å². The van der Waals surface area contributed by atoms with Crippen molar-refractivity contribution >= 4 is 28.9 Å². The number of benzene rings is 2. The lowest BCUT2D eigenvalue weighted by molar-refractivity contribution is 0.153. The molecule has 0 fully saturated rings. The molecule has 1 amide bonds. The van der Waals surface area contributed by atoms with Crippen LogP contribution in [0.1, 0.15) is 30.9 Å². The quantitative estimate of drug-likeness (QED) is 0.317. The molecule has 0 atom stereocenters. The Labute approximate surface area is 208 Å². The number of aromatic nitrogens is 4. The predicted molar refractivity (Wildman–Crippen MR) is 137 cm³/mol. The summed E-state index contributed by atoms with van der Waals surface area (Å²) in [7, 11) is 1.50. The second-order valence-electron chi connectivity index (χ2n) is 8.08. The zero-order valence-electron chi connectivity index (χ0n) is 20.2. The number of aromatic amines is 1. The van der Waals surface area contributed by atoms with Crippen LogP contribution in [0, 0.1) is 0 Å². The number of carbonyl (C=O) groups excluding carboxylic acids is 1. The molecule has 10 nitrogen and oxygen atoms in total. The van der Waals surface area contributed by atoms with Gasteiger partial charge in [0.2, 0.25) is 11.8 Å². The van der Waals surface area contributed by atoms with Crippen LogP contribution in [0.3, 0.4) is 0 Å². The zero-order chi connectivity index (χ0) is 25.3.